The smallest absolute Gasteiger partial charge is 0.289 e. The van der Waals surface area contributed by atoms with Crippen molar-refractivity contribution in [1.82, 2.24) is 4.90 Å². The highest BCUT2D eigenvalue weighted by Gasteiger charge is 2.23. The van der Waals surface area contributed by atoms with Crippen LogP contribution in [0.25, 0.3) is 0 Å². The van der Waals surface area contributed by atoms with Crippen LogP contribution in [0, 0.1) is 18.8 Å². The molecule has 4 heteroatoms. The molecule has 0 aromatic carbocycles. The molecule has 1 rings (SSSR count). The number of furan rings is 1. The van der Waals surface area contributed by atoms with Crippen molar-refractivity contribution in [3.05, 3.63) is 22.1 Å². The summed E-state index contributed by atoms with van der Waals surface area (Å²) in [4.78, 5) is 14.3. The predicted octanol–water partition coefficient (Wildman–Crippen LogP) is 4.10. The molecule has 3 nitrogen and oxygen atoms in total. The molecule has 102 valence electrons. The lowest BCUT2D eigenvalue weighted by Crippen LogP contribution is -2.37. The normalized spacial score (nSPS) is 11.3. The van der Waals surface area contributed by atoms with Gasteiger partial charge < -0.3 is 9.32 Å². The van der Waals surface area contributed by atoms with E-state index in [0.29, 0.717) is 22.3 Å². The highest BCUT2D eigenvalue weighted by molar-refractivity contribution is 9.10. The molecular formula is C14H22BrNO2. The van der Waals surface area contributed by atoms with Crippen molar-refractivity contribution in [2.45, 2.75) is 34.6 Å². The SMILES string of the molecule is Cc1cc(Br)oc1C(=O)N(CC(C)C)CC(C)C. The Morgan fingerprint density at radius 3 is 2.11 bits per heavy atom. The minimum absolute atomic E-state index is 0.0133. The fourth-order valence-electron chi connectivity index (χ4n) is 1.92. The average Bonchev–Trinajstić information content (AvgIpc) is 2.54. The predicted molar refractivity (Wildman–Crippen MR) is 76.7 cm³/mol. The molecule has 0 spiro atoms. The summed E-state index contributed by atoms with van der Waals surface area (Å²) in [5.41, 5.74) is 0.879. The van der Waals surface area contributed by atoms with Crippen molar-refractivity contribution in [3.8, 4) is 0 Å². The standard InChI is InChI=1S/C14H22BrNO2/c1-9(2)7-16(8-10(3)4)14(17)13-11(5)6-12(15)18-13/h6,9-10H,7-8H2,1-5H3. The van der Waals surface area contributed by atoms with Gasteiger partial charge in [-0.25, -0.2) is 0 Å². The number of carbonyl (C=O) groups excluding carboxylic acids is 1. The van der Waals surface area contributed by atoms with E-state index in [9.17, 15) is 4.79 Å². The molecule has 0 aliphatic heterocycles. The van der Waals surface area contributed by atoms with E-state index in [-0.39, 0.29) is 5.91 Å². The zero-order valence-electron chi connectivity index (χ0n) is 11.8. The van der Waals surface area contributed by atoms with Crippen LogP contribution in [0.5, 0.6) is 0 Å². The first-order chi connectivity index (χ1) is 8.31. The van der Waals surface area contributed by atoms with E-state index in [0.717, 1.165) is 18.7 Å². The lowest BCUT2D eigenvalue weighted by Gasteiger charge is -2.25. The molecule has 1 heterocycles. The summed E-state index contributed by atoms with van der Waals surface area (Å²) in [6.07, 6.45) is 0. The summed E-state index contributed by atoms with van der Waals surface area (Å²) < 4.78 is 6.05. The zero-order valence-corrected chi connectivity index (χ0v) is 13.4. The first-order valence-electron chi connectivity index (χ1n) is 6.36. The fraction of sp³-hybridized carbons (Fsp3) is 0.643. The van der Waals surface area contributed by atoms with Crippen LogP contribution in [0.3, 0.4) is 0 Å². The highest BCUT2D eigenvalue weighted by Crippen LogP contribution is 2.21. The topological polar surface area (TPSA) is 33.5 Å². The van der Waals surface area contributed by atoms with Crippen molar-refractivity contribution in [2.75, 3.05) is 13.1 Å². The molecule has 1 amide bonds. The van der Waals surface area contributed by atoms with Crippen LogP contribution >= 0.6 is 15.9 Å². The second-order valence-corrected chi connectivity index (χ2v) is 6.34. The summed E-state index contributed by atoms with van der Waals surface area (Å²) in [5.74, 6) is 1.33. The van der Waals surface area contributed by atoms with Crippen molar-refractivity contribution in [1.29, 1.82) is 0 Å². The van der Waals surface area contributed by atoms with E-state index in [4.69, 9.17) is 4.42 Å². The van der Waals surface area contributed by atoms with Crippen LogP contribution in [-0.2, 0) is 0 Å². The van der Waals surface area contributed by atoms with E-state index >= 15 is 0 Å². The van der Waals surface area contributed by atoms with Crippen LogP contribution < -0.4 is 0 Å². The number of amides is 1. The molecule has 18 heavy (non-hydrogen) atoms. The second kappa shape index (κ2) is 6.41. The second-order valence-electron chi connectivity index (χ2n) is 5.56. The van der Waals surface area contributed by atoms with Gasteiger partial charge in [-0.2, -0.15) is 0 Å². The van der Waals surface area contributed by atoms with Gasteiger partial charge in [-0.05, 0) is 40.8 Å². The van der Waals surface area contributed by atoms with Gasteiger partial charge in [0.05, 0.1) is 0 Å². The summed E-state index contributed by atoms with van der Waals surface area (Å²) in [6, 6.07) is 1.83. The number of hydrogen-bond donors (Lipinski definition) is 0. The Kier molecular flexibility index (Phi) is 5.45. The quantitative estimate of drug-likeness (QED) is 0.819. The van der Waals surface area contributed by atoms with E-state index in [1.807, 2.05) is 17.9 Å². The molecule has 0 fully saturated rings. The third-order valence-corrected chi connectivity index (χ3v) is 2.93. The van der Waals surface area contributed by atoms with Gasteiger partial charge >= 0.3 is 0 Å². The molecule has 0 aliphatic carbocycles. The molecule has 0 unspecified atom stereocenters. The van der Waals surface area contributed by atoms with Crippen molar-refractivity contribution in [2.24, 2.45) is 11.8 Å². The molecule has 0 saturated carbocycles. The monoisotopic (exact) mass is 315 g/mol. The van der Waals surface area contributed by atoms with Gasteiger partial charge in [0, 0.05) is 18.7 Å². The van der Waals surface area contributed by atoms with Crippen molar-refractivity contribution in [3.63, 3.8) is 0 Å². The van der Waals surface area contributed by atoms with Gasteiger partial charge in [0.15, 0.2) is 10.4 Å². The van der Waals surface area contributed by atoms with Gasteiger partial charge in [-0.3, -0.25) is 4.79 Å². The Labute approximate surface area is 118 Å². The first-order valence-corrected chi connectivity index (χ1v) is 7.15. The summed E-state index contributed by atoms with van der Waals surface area (Å²) >= 11 is 3.26. The van der Waals surface area contributed by atoms with Crippen molar-refractivity contribution < 1.29 is 9.21 Å². The number of halogens is 1. The van der Waals surface area contributed by atoms with Crippen LogP contribution in [0.2, 0.25) is 0 Å². The van der Waals surface area contributed by atoms with E-state index < -0.39 is 0 Å². The van der Waals surface area contributed by atoms with Gasteiger partial charge in [0.25, 0.3) is 5.91 Å². The van der Waals surface area contributed by atoms with E-state index in [2.05, 4.69) is 43.6 Å². The summed E-state index contributed by atoms with van der Waals surface area (Å²) in [6.45, 7) is 11.9. The largest absolute Gasteiger partial charge is 0.444 e. The van der Waals surface area contributed by atoms with E-state index in [1.165, 1.54) is 0 Å². The van der Waals surface area contributed by atoms with Gasteiger partial charge in [-0.15, -0.1) is 0 Å². The number of hydrogen-bond acceptors (Lipinski definition) is 2. The molecular weight excluding hydrogens is 294 g/mol. The molecule has 0 saturated heterocycles. The Bertz CT molecular complexity index is 400. The molecule has 0 N–H and O–H groups in total. The highest BCUT2D eigenvalue weighted by atomic mass is 79.9. The van der Waals surface area contributed by atoms with Crippen LogP contribution in [0.4, 0.5) is 0 Å². The number of aryl methyl sites for hydroxylation is 1. The number of rotatable bonds is 5. The molecule has 0 radical (unpaired) electrons. The third-order valence-electron chi connectivity index (χ3n) is 2.54. The molecule has 1 aromatic heterocycles. The lowest BCUT2D eigenvalue weighted by molar-refractivity contribution is 0.0680. The van der Waals surface area contributed by atoms with Crippen molar-refractivity contribution >= 4 is 21.8 Å². The maximum Gasteiger partial charge on any atom is 0.289 e. The third kappa shape index (κ3) is 4.16. The van der Waals surface area contributed by atoms with E-state index in [1.54, 1.807) is 0 Å². The van der Waals surface area contributed by atoms with Gasteiger partial charge in [0.1, 0.15) is 0 Å². The fourth-order valence-corrected chi connectivity index (χ4v) is 2.43. The first kappa shape index (κ1) is 15.3. The Hall–Kier alpha value is -0.770. The zero-order chi connectivity index (χ0) is 13.9. The molecule has 0 bridgehead atoms. The maximum atomic E-state index is 12.5. The van der Waals surface area contributed by atoms with Crippen LogP contribution in [0.15, 0.2) is 15.2 Å². The Morgan fingerprint density at radius 1 is 1.28 bits per heavy atom. The van der Waals surface area contributed by atoms with Crippen LogP contribution in [0.1, 0.15) is 43.8 Å². The molecule has 1 aromatic rings. The Balaban J connectivity index is 2.91. The van der Waals surface area contributed by atoms with Crippen LogP contribution in [-0.4, -0.2) is 23.9 Å². The number of carbonyl (C=O) groups is 1. The Morgan fingerprint density at radius 2 is 1.78 bits per heavy atom. The summed E-state index contributed by atoms with van der Waals surface area (Å²) in [5, 5.41) is 0. The summed E-state index contributed by atoms with van der Waals surface area (Å²) in [7, 11) is 0. The average molecular weight is 316 g/mol. The molecule has 0 atom stereocenters. The van der Waals surface area contributed by atoms with Gasteiger partial charge in [-0.1, -0.05) is 27.7 Å². The maximum absolute atomic E-state index is 12.5. The minimum Gasteiger partial charge on any atom is -0.444 e. The lowest BCUT2D eigenvalue weighted by atomic mass is 10.1. The van der Waals surface area contributed by atoms with Gasteiger partial charge in [0.2, 0.25) is 0 Å². The molecule has 0 aliphatic rings. The number of nitrogens with zero attached hydrogens (tertiary/aromatic N) is 1. The minimum atomic E-state index is -0.0133.